The molecule has 1 aliphatic heterocycles. The molecule has 5 rings (SSSR count). The molecule has 4 atom stereocenters. The van der Waals surface area contributed by atoms with Crippen LogP contribution in [-0.4, -0.2) is 58.9 Å². The average Bonchev–Trinajstić information content (AvgIpc) is 3.11. The molecule has 4 N–H and O–H groups in total. The lowest BCUT2D eigenvalue weighted by atomic mass is 9.80. The number of aliphatic hydroxyl groups is 1. The van der Waals surface area contributed by atoms with Crippen LogP contribution in [0.25, 0.3) is 0 Å². The number of benzene rings is 4. The minimum Gasteiger partial charge on any atom is -0.484 e. The molecule has 1 fully saturated rings. The van der Waals surface area contributed by atoms with Crippen LogP contribution in [0.5, 0.6) is 5.75 Å². The zero-order valence-corrected chi connectivity index (χ0v) is 26.8. The van der Waals surface area contributed by atoms with Crippen molar-refractivity contribution in [2.24, 2.45) is 5.92 Å². The minimum atomic E-state index is -1.55. The third-order valence-corrected chi connectivity index (χ3v) is 8.96. The summed E-state index contributed by atoms with van der Waals surface area (Å²) in [6.45, 7) is -1.30. The molecule has 2 unspecified atom stereocenters. The smallest absolute Gasteiger partial charge is 0.328 e. The predicted octanol–water partition coefficient (Wildman–Crippen LogP) is 4.65. The number of carboxylic acid groups (broad SMARTS) is 1. The maximum Gasteiger partial charge on any atom is 0.328 e. The van der Waals surface area contributed by atoms with Gasteiger partial charge >= 0.3 is 5.97 Å². The Morgan fingerprint density at radius 1 is 0.857 bits per heavy atom. The molecule has 3 amide bonds. The molecule has 1 saturated heterocycles. The Labute approximate surface area is 285 Å². The van der Waals surface area contributed by atoms with Crippen molar-refractivity contribution < 1.29 is 42.9 Å². The van der Waals surface area contributed by atoms with Crippen molar-refractivity contribution in [3.63, 3.8) is 0 Å². The molecule has 0 spiro atoms. The summed E-state index contributed by atoms with van der Waals surface area (Å²) in [5.41, 5.74) is 1.75. The Kier molecular flexibility index (Phi) is 11.6. The molecule has 4 aromatic carbocycles. The fourth-order valence-electron chi connectivity index (χ4n) is 5.43. The molecular weight excluding hydrogens is 656 g/mol. The lowest BCUT2D eigenvalue weighted by molar-refractivity contribution is -0.143. The number of β-lactam (4-membered cyclic amide) rings is 1. The number of thioether (sulfide) groups is 1. The van der Waals surface area contributed by atoms with E-state index >= 15 is 0 Å². The highest BCUT2D eigenvalue weighted by Gasteiger charge is 2.48. The van der Waals surface area contributed by atoms with Crippen molar-refractivity contribution in [1.82, 2.24) is 10.6 Å². The first kappa shape index (κ1) is 35.0. The van der Waals surface area contributed by atoms with Crippen molar-refractivity contribution in [1.29, 1.82) is 0 Å². The van der Waals surface area contributed by atoms with Crippen LogP contribution in [0.3, 0.4) is 0 Å². The summed E-state index contributed by atoms with van der Waals surface area (Å²) in [4.78, 5) is 52.9. The molecular formula is C36H33F2N3O7S. The Hall–Kier alpha value is -5.27. The van der Waals surface area contributed by atoms with Gasteiger partial charge in [-0.15, -0.1) is 11.8 Å². The number of aliphatic carboxylic acids is 1. The van der Waals surface area contributed by atoms with Crippen LogP contribution in [-0.2, 0) is 19.2 Å². The van der Waals surface area contributed by atoms with E-state index < -0.39 is 48.9 Å². The fourth-order valence-corrected chi connectivity index (χ4v) is 6.37. The Morgan fingerprint density at radius 3 is 2.10 bits per heavy atom. The van der Waals surface area contributed by atoms with Crippen molar-refractivity contribution in [3.8, 4) is 5.75 Å². The van der Waals surface area contributed by atoms with Crippen molar-refractivity contribution in [3.05, 3.63) is 126 Å². The van der Waals surface area contributed by atoms with Crippen LogP contribution in [0.4, 0.5) is 14.5 Å². The highest BCUT2D eigenvalue weighted by Crippen LogP contribution is 2.46. The Bertz CT molecular complexity index is 1760. The zero-order chi connectivity index (χ0) is 34.9. The maximum absolute atomic E-state index is 13.7. The molecule has 0 aliphatic carbocycles. The normalized spacial score (nSPS) is 16.6. The van der Waals surface area contributed by atoms with Crippen LogP contribution in [0.15, 0.2) is 108 Å². The van der Waals surface area contributed by atoms with E-state index in [9.17, 15) is 38.2 Å². The number of hydrogen-bond donors (Lipinski definition) is 4. The van der Waals surface area contributed by atoms with Crippen molar-refractivity contribution >= 4 is 41.1 Å². The number of carboxylic acids is 1. The lowest BCUT2D eigenvalue weighted by Gasteiger charge is -2.47. The third-order valence-electron chi connectivity index (χ3n) is 7.92. The molecule has 49 heavy (non-hydrogen) atoms. The second-order valence-electron chi connectivity index (χ2n) is 11.2. The molecule has 1 heterocycles. The van der Waals surface area contributed by atoms with Gasteiger partial charge in [0, 0.05) is 10.6 Å². The summed E-state index contributed by atoms with van der Waals surface area (Å²) in [5, 5.41) is 23.3. The van der Waals surface area contributed by atoms with Crippen molar-refractivity contribution in [2.45, 2.75) is 29.4 Å². The summed E-state index contributed by atoms with van der Waals surface area (Å²) >= 11 is 1.52. The molecule has 0 aromatic heterocycles. The summed E-state index contributed by atoms with van der Waals surface area (Å²) in [6, 6.07) is 23.8. The quantitative estimate of drug-likeness (QED) is 0.104. The van der Waals surface area contributed by atoms with E-state index in [0.717, 1.165) is 10.5 Å². The van der Waals surface area contributed by atoms with Crippen LogP contribution < -0.4 is 20.3 Å². The summed E-state index contributed by atoms with van der Waals surface area (Å²) in [6.07, 6.45) is 0.545. The van der Waals surface area contributed by atoms with Gasteiger partial charge in [-0.2, -0.15) is 0 Å². The number of halogens is 2. The molecule has 0 saturated carbocycles. The summed E-state index contributed by atoms with van der Waals surface area (Å²) in [5.74, 6) is -3.15. The van der Waals surface area contributed by atoms with Gasteiger partial charge in [0.2, 0.25) is 11.8 Å². The molecule has 1 aliphatic rings. The van der Waals surface area contributed by atoms with E-state index in [1.165, 1.54) is 36.0 Å². The summed E-state index contributed by atoms with van der Waals surface area (Å²) < 4.78 is 32.6. The first-order valence-corrected chi connectivity index (χ1v) is 16.3. The third kappa shape index (κ3) is 8.80. The van der Waals surface area contributed by atoms with Gasteiger partial charge in [0.1, 0.15) is 29.5 Å². The van der Waals surface area contributed by atoms with Crippen LogP contribution in [0.1, 0.15) is 29.6 Å². The van der Waals surface area contributed by atoms with Gasteiger partial charge in [-0.3, -0.25) is 14.4 Å². The largest absolute Gasteiger partial charge is 0.484 e. The second-order valence-corrected chi connectivity index (χ2v) is 12.3. The van der Waals surface area contributed by atoms with Crippen LogP contribution in [0.2, 0.25) is 0 Å². The first-order chi connectivity index (χ1) is 23.6. The molecule has 4 aromatic rings. The number of aliphatic hydroxyl groups excluding tert-OH is 1. The van der Waals surface area contributed by atoms with E-state index in [-0.39, 0.29) is 23.7 Å². The van der Waals surface area contributed by atoms with E-state index in [1.54, 1.807) is 83.8 Å². The van der Waals surface area contributed by atoms with E-state index in [2.05, 4.69) is 10.6 Å². The number of carbonyl (C=O) groups excluding carboxylic acids is 3. The number of rotatable bonds is 15. The zero-order valence-electron chi connectivity index (χ0n) is 26.0. The van der Waals surface area contributed by atoms with E-state index in [4.69, 9.17) is 4.74 Å². The van der Waals surface area contributed by atoms with E-state index in [0.29, 0.717) is 29.2 Å². The number of hydrogen-bond acceptors (Lipinski definition) is 7. The van der Waals surface area contributed by atoms with Gasteiger partial charge in [-0.1, -0.05) is 42.5 Å². The Morgan fingerprint density at radius 2 is 1.49 bits per heavy atom. The van der Waals surface area contributed by atoms with E-state index in [1.807, 2.05) is 0 Å². The molecule has 0 radical (unpaired) electrons. The summed E-state index contributed by atoms with van der Waals surface area (Å²) in [7, 11) is 0. The second kappa shape index (κ2) is 16.2. The van der Waals surface area contributed by atoms with Crippen LogP contribution >= 0.6 is 11.8 Å². The molecule has 13 heteroatoms. The van der Waals surface area contributed by atoms with Gasteiger partial charge < -0.3 is 30.5 Å². The number of carbonyl (C=O) groups is 4. The minimum absolute atomic E-state index is 0.0982. The average molecular weight is 690 g/mol. The highest BCUT2D eigenvalue weighted by atomic mass is 32.2. The maximum atomic E-state index is 13.7. The SMILES string of the molecule is O=C(COc1ccc(C2C(CCSc3ccc(F)cc3)C(=O)N2c2ccc(F)cc2)cc1)N[C@@H](C(=O)N[C@@H](CO)C(=O)O)c1ccccc1. The topological polar surface area (TPSA) is 145 Å². The number of nitrogens with one attached hydrogen (secondary N) is 2. The fraction of sp³-hybridized carbons (Fsp3) is 0.222. The van der Waals surface area contributed by atoms with Gasteiger partial charge in [-0.25, -0.2) is 13.6 Å². The number of amides is 3. The van der Waals surface area contributed by atoms with Gasteiger partial charge in [-0.05, 0) is 84.0 Å². The molecule has 10 nitrogen and oxygen atoms in total. The number of nitrogens with zero attached hydrogens (tertiary/aromatic N) is 1. The molecule has 254 valence electrons. The van der Waals surface area contributed by atoms with Gasteiger partial charge in [0.25, 0.3) is 5.91 Å². The molecule has 0 bridgehead atoms. The van der Waals surface area contributed by atoms with Gasteiger partial charge in [0.15, 0.2) is 6.61 Å². The predicted molar refractivity (Wildman–Crippen MR) is 178 cm³/mol. The van der Waals surface area contributed by atoms with Crippen molar-refractivity contribution in [2.75, 3.05) is 23.9 Å². The van der Waals surface area contributed by atoms with Crippen LogP contribution in [0, 0.1) is 17.6 Å². The number of anilines is 1. The number of ether oxygens (including phenoxy) is 1. The lowest BCUT2D eigenvalue weighted by Crippen LogP contribution is -2.55. The first-order valence-electron chi connectivity index (χ1n) is 15.3. The monoisotopic (exact) mass is 689 g/mol. The highest BCUT2D eigenvalue weighted by molar-refractivity contribution is 7.99. The Balaban J connectivity index is 1.24. The van der Waals surface area contributed by atoms with Gasteiger partial charge in [0.05, 0.1) is 18.6 Å². The standard InChI is InChI=1S/C36H33F2N3O7S/c37-24-8-12-26(13-9-24)41-33(29(35(41)45)18-19-49-28-16-10-25(38)11-17-28)23-6-14-27(15-7-23)48-21-31(43)40-32(22-4-2-1-3-5-22)34(44)39-30(20-42)36(46)47/h1-17,29-30,32-33,42H,18-21H2,(H,39,44)(H,40,43)(H,46,47)/t29?,30-,32+,33?/m0/s1.